The normalized spacial score (nSPS) is 12.9. The largest absolute Gasteiger partial charge is 0.454 e. The summed E-state index contributed by atoms with van der Waals surface area (Å²) in [5.74, 6) is 0.670. The first-order valence-electron chi connectivity index (χ1n) is 7.07. The van der Waals surface area contributed by atoms with E-state index < -0.39 is 12.1 Å². The number of rotatable bonds is 6. The molecule has 0 saturated heterocycles. The lowest BCUT2D eigenvalue weighted by Gasteiger charge is -2.18. The number of nitrogen functional groups attached to an aromatic ring is 1. The van der Waals surface area contributed by atoms with Crippen LogP contribution in [0.1, 0.15) is 26.2 Å². The van der Waals surface area contributed by atoms with Crippen molar-refractivity contribution in [3.8, 4) is 11.5 Å². The predicted octanol–water partition coefficient (Wildman–Crippen LogP) is 1.58. The third-order valence-corrected chi connectivity index (χ3v) is 3.28. The number of anilines is 2. The molecule has 0 fully saturated rings. The lowest BCUT2D eigenvalue weighted by atomic mass is 10.1. The van der Waals surface area contributed by atoms with E-state index in [2.05, 4.69) is 10.6 Å². The highest BCUT2D eigenvalue weighted by molar-refractivity contribution is 5.99. The van der Waals surface area contributed by atoms with E-state index in [1.54, 1.807) is 12.1 Å². The quantitative estimate of drug-likeness (QED) is 0.582. The Kier molecular flexibility index (Phi) is 6.77. The number of primary amides is 1. The molecule has 9 heteroatoms. The fraction of sp³-hybridized carbons (Fsp3) is 0.429. The summed E-state index contributed by atoms with van der Waals surface area (Å²) in [6, 6.07) is 1.73. The number of carbonyl (C=O) groups excluding carboxylic acids is 2. The van der Waals surface area contributed by atoms with Crippen LogP contribution in [0.5, 0.6) is 11.5 Å². The molecule has 1 unspecified atom stereocenters. The van der Waals surface area contributed by atoms with E-state index in [1.165, 1.54) is 0 Å². The predicted molar refractivity (Wildman–Crippen MR) is 88.9 cm³/mol. The summed E-state index contributed by atoms with van der Waals surface area (Å²) in [5, 5.41) is 5.12. The highest BCUT2D eigenvalue weighted by Crippen LogP contribution is 2.38. The Hall–Kier alpha value is -2.35. The maximum atomic E-state index is 12.3. The summed E-state index contributed by atoms with van der Waals surface area (Å²) >= 11 is 0. The lowest BCUT2D eigenvalue weighted by molar-refractivity contribution is -0.118. The van der Waals surface area contributed by atoms with Gasteiger partial charge in [0.1, 0.15) is 6.04 Å². The van der Waals surface area contributed by atoms with Gasteiger partial charge >= 0.3 is 6.03 Å². The number of nitrogens with one attached hydrogen (secondary N) is 2. The van der Waals surface area contributed by atoms with Crippen molar-refractivity contribution in [2.24, 2.45) is 5.73 Å². The maximum Gasteiger partial charge on any atom is 0.312 e. The van der Waals surface area contributed by atoms with Crippen molar-refractivity contribution >= 4 is 35.7 Å². The molecule has 1 aliphatic rings. The molecular formula is C14H21ClN4O4. The van der Waals surface area contributed by atoms with E-state index in [4.69, 9.17) is 20.9 Å². The van der Waals surface area contributed by atoms with E-state index >= 15 is 0 Å². The third-order valence-electron chi connectivity index (χ3n) is 3.28. The average molecular weight is 345 g/mol. The van der Waals surface area contributed by atoms with Gasteiger partial charge in [-0.2, -0.15) is 0 Å². The number of amides is 3. The number of halogens is 1. The van der Waals surface area contributed by atoms with Crippen molar-refractivity contribution in [1.82, 2.24) is 5.32 Å². The van der Waals surface area contributed by atoms with Gasteiger partial charge in [-0.05, 0) is 6.42 Å². The summed E-state index contributed by atoms with van der Waals surface area (Å²) in [6.45, 7) is 2.11. The first-order valence-corrected chi connectivity index (χ1v) is 7.07. The highest BCUT2D eigenvalue weighted by atomic mass is 35.5. The molecule has 1 atom stereocenters. The second kappa shape index (κ2) is 8.33. The third kappa shape index (κ3) is 4.82. The van der Waals surface area contributed by atoms with Gasteiger partial charge < -0.3 is 31.6 Å². The molecule has 2 rings (SSSR count). The van der Waals surface area contributed by atoms with E-state index in [0.29, 0.717) is 29.3 Å². The molecule has 0 spiro atoms. The van der Waals surface area contributed by atoms with Crippen molar-refractivity contribution in [1.29, 1.82) is 0 Å². The van der Waals surface area contributed by atoms with Gasteiger partial charge in [0.15, 0.2) is 11.5 Å². The molecule has 23 heavy (non-hydrogen) atoms. The van der Waals surface area contributed by atoms with Gasteiger partial charge in [-0.3, -0.25) is 4.79 Å². The smallest absolute Gasteiger partial charge is 0.312 e. The van der Waals surface area contributed by atoms with Gasteiger partial charge in [-0.1, -0.05) is 19.8 Å². The fourth-order valence-electron chi connectivity index (χ4n) is 2.13. The molecule has 6 N–H and O–H groups in total. The number of fused-ring (bicyclic) bond motifs is 1. The second-order valence-electron chi connectivity index (χ2n) is 4.99. The van der Waals surface area contributed by atoms with Gasteiger partial charge in [-0.25, -0.2) is 4.79 Å². The van der Waals surface area contributed by atoms with Gasteiger partial charge in [0.05, 0.1) is 11.4 Å². The summed E-state index contributed by atoms with van der Waals surface area (Å²) in [7, 11) is 0. The molecule has 128 valence electrons. The molecule has 1 aromatic rings. The Morgan fingerprint density at radius 1 is 1.30 bits per heavy atom. The van der Waals surface area contributed by atoms with Crippen molar-refractivity contribution < 1.29 is 19.1 Å². The molecule has 1 aromatic carbocycles. The van der Waals surface area contributed by atoms with Crippen molar-refractivity contribution in [2.75, 3.05) is 17.8 Å². The zero-order valence-corrected chi connectivity index (χ0v) is 13.6. The van der Waals surface area contributed by atoms with Crippen LogP contribution >= 0.6 is 12.4 Å². The fourth-order valence-corrected chi connectivity index (χ4v) is 2.13. The molecule has 0 bridgehead atoms. The monoisotopic (exact) mass is 344 g/mol. The van der Waals surface area contributed by atoms with Crippen LogP contribution in [0, 0.1) is 0 Å². The average Bonchev–Trinajstić information content (AvgIpc) is 2.90. The number of benzene rings is 1. The van der Waals surface area contributed by atoms with Gasteiger partial charge in [0.2, 0.25) is 12.7 Å². The minimum atomic E-state index is -0.741. The number of ether oxygens (including phenoxy) is 2. The van der Waals surface area contributed by atoms with Crippen molar-refractivity contribution in [3.63, 3.8) is 0 Å². The minimum Gasteiger partial charge on any atom is -0.454 e. The molecule has 1 heterocycles. The summed E-state index contributed by atoms with van der Waals surface area (Å²) < 4.78 is 10.5. The molecule has 8 nitrogen and oxygen atoms in total. The molecule has 3 amide bonds. The highest BCUT2D eigenvalue weighted by Gasteiger charge is 2.22. The van der Waals surface area contributed by atoms with E-state index in [0.717, 1.165) is 12.8 Å². The molecule has 0 aliphatic carbocycles. The molecule has 0 aromatic heterocycles. The first kappa shape index (κ1) is 18.7. The number of hydrogen-bond donors (Lipinski definition) is 4. The van der Waals surface area contributed by atoms with Crippen LogP contribution in [0.3, 0.4) is 0 Å². The zero-order valence-electron chi connectivity index (χ0n) is 12.8. The van der Waals surface area contributed by atoms with Crippen LogP contribution in [0.2, 0.25) is 0 Å². The maximum absolute atomic E-state index is 12.3. The molecule has 0 saturated carbocycles. The first-order chi connectivity index (χ1) is 10.5. The number of carbonyl (C=O) groups is 2. The summed E-state index contributed by atoms with van der Waals surface area (Å²) in [5.41, 5.74) is 11.7. The van der Waals surface area contributed by atoms with Crippen LogP contribution in [0.4, 0.5) is 16.2 Å². The standard InChI is InChI=1S/C14H20N4O4.ClH/c1-2-3-4-9(18-14(16)20)13(19)17-10-6-12-11(5-8(10)15)21-7-22-12;/h5-6,9H,2-4,7,15H2,1H3,(H,17,19)(H3,16,18,20);1H. The van der Waals surface area contributed by atoms with Crippen LogP contribution in [0.25, 0.3) is 0 Å². The lowest BCUT2D eigenvalue weighted by Crippen LogP contribution is -2.46. The molecule has 1 aliphatic heterocycles. The minimum absolute atomic E-state index is 0. The summed E-state index contributed by atoms with van der Waals surface area (Å²) in [4.78, 5) is 23.3. The number of hydrogen-bond acceptors (Lipinski definition) is 5. The van der Waals surface area contributed by atoms with Crippen LogP contribution in [-0.4, -0.2) is 24.8 Å². The Bertz CT molecular complexity index is 582. The van der Waals surface area contributed by atoms with E-state index in [9.17, 15) is 9.59 Å². The number of nitrogens with two attached hydrogens (primary N) is 2. The Morgan fingerprint density at radius 2 is 1.96 bits per heavy atom. The van der Waals surface area contributed by atoms with Crippen LogP contribution < -0.4 is 31.6 Å². The van der Waals surface area contributed by atoms with Crippen LogP contribution in [-0.2, 0) is 4.79 Å². The Morgan fingerprint density at radius 3 is 2.57 bits per heavy atom. The van der Waals surface area contributed by atoms with Crippen molar-refractivity contribution in [2.45, 2.75) is 32.2 Å². The van der Waals surface area contributed by atoms with Crippen LogP contribution in [0.15, 0.2) is 12.1 Å². The van der Waals surface area contributed by atoms with Gasteiger partial charge in [0, 0.05) is 12.1 Å². The number of unbranched alkanes of at least 4 members (excludes halogenated alkanes) is 1. The Labute approximate surface area is 140 Å². The summed E-state index contributed by atoms with van der Waals surface area (Å²) in [6.07, 6.45) is 2.18. The number of urea groups is 1. The Balaban J connectivity index is 0.00000264. The van der Waals surface area contributed by atoms with E-state index in [-0.39, 0.29) is 25.1 Å². The van der Waals surface area contributed by atoms with E-state index in [1.807, 2.05) is 6.92 Å². The SMILES string of the molecule is CCCCC(NC(N)=O)C(=O)Nc1cc2c(cc1N)OCO2.Cl. The zero-order chi connectivity index (χ0) is 16.1. The van der Waals surface area contributed by atoms with Gasteiger partial charge in [-0.15, -0.1) is 12.4 Å². The molecular weight excluding hydrogens is 324 g/mol. The molecule has 0 radical (unpaired) electrons. The van der Waals surface area contributed by atoms with Gasteiger partial charge in [0.25, 0.3) is 0 Å². The second-order valence-corrected chi connectivity index (χ2v) is 4.99. The topological polar surface area (TPSA) is 129 Å². The van der Waals surface area contributed by atoms with Crippen molar-refractivity contribution in [3.05, 3.63) is 12.1 Å².